The van der Waals surface area contributed by atoms with Crippen molar-refractivity contribution in [3.63, 3.8) is 0 Å². The Bertz CT molecular complexity index is 1000. The van der Waals surface area contributed by atoms with Gasteiger partial charge in [-0.05, 0) is 34.7 Å². The summed E-state index contributed by atoms with van der Waals surface area (Å²) >= 11 is 0. The van der Waals surface area contributed by atoms with Crippen LogP contribution in [0.5, 0.6) is 0 Å². The molecule has 0 unspecified atom stereocenters. The van der Waals surface area contributed by atoms with Gasteiger partial charge in [0.25, 0.3) is 0 Å². The Labute approximate surface area is 177 Å². The molecule has 0 saturated carbocycles. The molecule has 0 spiro atoms. The summed E-state index contributed by atoms with van der Waals surface area (Å²) in [6.45, 7) is 3.79. The Kier molecular flexibility index (Phi) is 5.01. The molecule has 2 aliphatic rings. The second kappa shape index (κ2) is 7.96. The summed E-state index contributed by atoms with van der Waals surface area (Å²) in [5, 5.41) is 3.54. The molecule has 5 rings (SSSR count). The van der Waals surface area contributed by atoms with Crippen LogP contribution in [0.1, 0.15) is 35.6 Å². The van der Waals surface area contributed by atoms with Gasteiger partial charge in [0, 0.05) is 25.0 Å². The van der Waals surface area contributed by atoms with Gasteiger partial charge in [-0.3, -0.25) is 0 Å². The lowest BCUT2D eigenvalue weighted by molar-refractivity contribution is 0.0700. The Hall–Kier alpha value is -3.11. The first-order chi connectivity index (χ1) is 14.7. The molecule has 1 fully saturated rings. The predicted octanol–water partition coefficient (Wildman–Crippen LogP) is 4.97. The van der Waals surface area contributed by atoms with Crippen molar-refractivity contribution in [2.24, 2.45) is 0 Å². The van der Waals surface area contributed by atoms with Gasteiger partial charge < -0.3 is 15.0 Å². The summed E-state index contributed by atoms with van der Waals surface area (Å²) in [6, 6.07) is 27.3. The lowest BCUT2D eigenvalue weighted by Crippen LogP contribution is -2.53. The largest absolute Gasteiger partial charge is 0.448 e. The first-order valence-corrected chi connectivity index (χ1v) is 10.6. The van der Waals surface area contributed by atoms with E-state index in [1.54, 1.807) is 0 Å². The normalized spacial score (nSPS) is 20.5. The molecule has 1 amide bonds. The number of piperazine rings is 1. The van der Waals surface area contributed by atoms with Crippen molar-refractivity contribution in [2.75, 3.05) is 19.7 Å². The fraction of sp³-hybridized carbons (Fsp3) is 0.269. The van der Waals surface area contributed by atoms with E-state index in [0.717, 1.165) is 6.54 Å². The zero-order chi connectivity index (χ0) is 20.5. The number of amides is 1. The van der Waals surface area contributed by atoms with Crippen LogP contribution in [-0.4, -0.2) is 36.7 Å². The molecule has 1 N–H and O–H groups in total. The lowest BCUT2D eigenvalue weighted by Gasteiger charge is -2.38. The van der Waals surface area contributed by atoms with Crippen LogP contribution in [0, 0.1) is 0 Å². The standard InChI is InChI=1S/C26H26N2O2/c1-18-15-27-25(19-9-3-2-4-10-19)16-28(18)26(29)30-17-24-22-13-7-5-11-20(22)21-12-6-8-14-23(21)24/h2-14,18,24-25,27H,15-17H2,1H3/t18-,25-/m0/s1. The minimum absolute atomic E-state index is 0.0875. The van der Waals surface area contributed by atoms with Gasteiger partial charge in [-0.2, -0.15) is 0 Å². The highest BCUT2D eigenvalue weighted by Crippen LogP contribution is 2.44. The fourth-order valence-corrected chi connectivity index (χ4v) is 4.70. The highest BCUT2D eigenvalue weighted by Gasteiger charge is 2.33. The number of nitrogens with zero attached hydrogens (tertiary/aromatic N) is 1. The third-order valence-corrected chi connectivity index (χ3v) is 6.34. The van der Waals surface area contributed by atoms with Gasteiger partial charge in [0.15, 0.2) is 0 Å². The molecule has 4 nitrogen and oxygen atoms in total. The van der Waals surface area contributed by atoms with E-state index in [2.05, 4.69) is 72.9 Å². The first-order valence-electron chi connectivity index (χ1n) is 10.6. The van der Waals surface area contributed by atoms with Crippen LogP contribution >= 0.6 is 0 Å². The molecule has 0 radical (unpaired) electrons. The van der Waals surface area contributed by atoms with E-state index >= 15 is 0 Å². The molecule has 1 aliphatic carbocycles. The fourth-order valence-electron chi connectivity index (χ4n) is 4.70. The topological polar surface area (TPSA) is 41.6 Å². The number of carbonyl (C=O) groups is 1. The summed E-state index contributed by atoms with van der Waals surface area (Å²) in [5.41, 5.74) is 6.16. The van der Waals surface area contributed by atoms with Crippen molar-refractivity contribution in [3.8, 4) is 11.1 Å². The van der Waals surface area contributed by atoms with E-state index in [1.165, 1.54) is 27.8 Å². The van der Waals surface area contributed by atoms with Gasteiger partial charge in [-0.1, -0.05) is 78.9 Å². The maximum atomic E-state index is 13.0. The van der Waals surface area contributed by atoms with Gasteiger partial charge in [0.1, 0.15) is 6.61 Å². The highest BCUT2D eigenvalue weighted by molar-refractivity contribution is 5.79. The smallest absolute Gasteiger partial charge is 0.410 e. The van der Waals surface area contributed by atoms with Crippen molar-refractivity contribution >= 4 is 6.09 Å². The molecule has 1 heterocycles. The number of fused-ring (bicyclic) bond motifs is 3. The average molecular weight is 399 g/mol. The summed E-state index contributed by atoms with van der Waals surface area (Å²) in [5.74, 6) is 0.0875. The van der Waals surface area contributed by atoms with Gasteiger partial charge in [-0.15, -0.1) is 0 Å². The third-order valence-electron chi connectivity index (χ3n) is 6.34. The summed E-state index contributed by atoms with van der Waals surface area (Å²) < 4.78 is 5.89. The maximum absolute atomic E-state index is 13.0. The second-order valence-electron chi connectivity index (χ2n) is 8.18. The summed E-state index contributed by atoms with van der Waals surface area (Å²) in [7, 11) is 0. The zero-order valence-electron chi connectivity index (χ0n) is 17.1. The van der Waals surface area contributed by atoms with Gasteiger partial charge in [0.05, 0.1) is 6.04 Å². The molecule has 0 bridgehead atoms. The molecule has 1 saturated heterocycles. The quantitative estimate of drug-likeness (QED) is 0.677. The van der Waals surface area contributed by atoms with Crippen molar-refractivity contribution in [3.05, 3.63) is 95.6 Å². The van der Waals surface area contributed by atoms with E-state index in [9.17, 15) is 4.79 Å². The SMILES string of the molecule is C[C@H]1CN[C@H](c2ccccc2)CN1C(=O)OCC1c2ccccc2-c2ccccc21. The van der Waals surface area contributed by atoms with Crippen LogP contribution in [0.25, 0.3) is 11.1 Å². The Balaban J connectivity index is 1.31. The van der Waals surface area contributed by atoms with Crippen molar-refractivity contribution < 1.29 is 9.53 Å². The van der Waals surface area contributed by atoms with E-state index < -0.39 is 0 Å². The number of rotatable bonds is 3. The maximum Gasteiger partial charge on any atom is 0.410 e. The van der Waals surface area contributed by atoms with Gasteiger partial charge >= 0.3 is 6.09 Å². The van der Waals surface area contributed by atoms with Crippen molar-refractivity contribution in [2.45, 2.75) is 24.9 Å². The summed E-state index contributed by atoms with van der Waals surface area (Å²) in [6.07, 6.45) is -0.230. The van der Waals surface area contributed by atoms with E-state index in [-0.39, 0.29) is 24.1 Å². The third kappa shape index (κ3) is 3.37. The van der Waals surface area contributed by atoms with Crippen LogP contribution < -0.4 is 5.32 Å². The minimum Gasteiger partial charge on any atom is -0.448 e. The van der Waals surface area contributed by atoms with E-state index in [0.29, 0.717) is 13.2 Å². The number of benzene rings is 3. The lowest BCUT2D eigenvalue weighted by atomic mass is 9.98. The molecule has 0 aromatic heterocycles. The second-order valence-corrected chi connectivity index (χ2v) is 8.18. The van der Waals surface area contributed by atoms with Crippen LogP contribution in [0.15, 0.2) is 78.9 Å². The minimum atomic E-state index is -0.230. The first kappa shape index (κ1) is 18.9. The Morgan fingerprint density at radius 2 is 1.53 bits per heavy atom. The summed E-state index contributed by atoms with van der Waals surface area (Å²) in [4.78, 5) is 14.9. The molecule has 152 valence electrons. The molecule has 2 atom stereocenters. The molecule has 30 heavy (non-hydrogen) atoms. The number of carbonyl (C=O) groups excluding carboxylic acids is 1. The predicted molar refractivity (Wildman–Crippen MR) is 118 cm³/mol. The Morgan fingerprint density at radius 1 is 0.933 bits per heavy atom. The highest BCUT2D eigenvalue weighted by atomic mass is 16.6. The van der Waals surface area contributed by atoms with Gasteiger partial charge in [-0.25, -0.2) is 4.79 Å². The van der Waals surface area contributed by atoms with Crippen molar-refractivity contribution in [1.29, 1.82) is 0 Å². The average Bonchev–Trinajstić information content (AvgIpc) is 3.12. The molecule has 4 heteroatoms. The monoisotopic (exact) mass is 398 g/mol. The number of hydrogen-bond acceptors (Lipinski definition) is 3. The number of nitrogens with one attached hydrogen (secondary N) is 1. The number of hydrogen-bond donors (Lipinski definition) is 1. The van der Waals surface area contributed by atoms with Crippen LogP contribution in [0.2, 0.25) is 0 Å². The molecular formula is C26H26N2O2. The van der Waals surface area contributed by atoms with Crippen LogP contribution in [0.3, 0.4) is 0 Å². The molecular weight excluding hydrogens is 372 g/mol. The number of ether oxygens (including phenoxy) is 1. The van der Waals surface area contributed by atoms with Crippen LogP contribution in [0.4, 0.5) is 4.79 Å². The molecule has 3 aromatic rings. The van der Waals surface area contributed by atoms with Gasteiger partial charge in [0.2, 0.25) is 0 Å². The van der Waals surface area contributed by atoms with E-state index in [1.807, 2.05) is 23.1 Å². The van der Waals surface area contributed by atoms with Crippen LogP contribution in [-0.2, 0) is 4.74 Å². The zero-order valence-corrected chi connectivity index (χ0v) is 17.1. The van der Waals surface area contributed by atoms with E-state index in [4.69, 9.17) is 4.74 Å². The van der Waals surface area contributed by atoms with Crippen molar-refractivity contribution in [1.82, 2.24) is 10.2 Å². The molecule has 3 aromatic carbocycles. The Morgan fingerprint density at radius 3 is 2.20 bits per heavy atom. The molecule has 1 aliphatic heterocycles.